The molecule has 0 bridgehead atoms. The maximum atomic E-state index is 12.0. The van der Waals surface area contributed by atoms with Gasteiger partial charge in [-0.05, 0) is 36.8 Å². The molecule has 0 aliphatic rings. The largest absolute Gasteiger partial charge is 0.507 e. The quantitative estimate of drug-likeness (QED) is 0.725. The van der Waals surface area contributed by atoms with Gasteiger partial charge in [-0.1, -0.05) is 29.3 Å². The minimum absolute atomic E-state index is 0.0626. The molecule has 2 aromatic rings. The third-order valence-electron chi connectivity index (χ3n) is 3.57. The molecule has 6 nitrogen and oxygen atoms in total. The fourth-order valence-corrected chi connectivity index (χ4v) is 2.81. The molecule has 0 aliphatic heterocycles. The van der Waals surface area contributed by atoms with Crippen LogP contribution >= 0.6 is 23.2 Å². The van der Waals surface area contributed by atoms with Crippen LogP contribution in [-0.4, -0.2) is 30.7 Å². The van der Waals surface area contributed by atoms with E-state index >= 15 is 0 Å². The summed E-state index contributed by atoms with van der Waals surface area (Å²) < 4.78 is 9.86. The summed E-state index contributed by atoms with van der Waals surface area (Å²) in [5.74, 6) is -1.23. The van der Waals surface area contributed by atoms with Crippen molar-refractivity contribution in [1.82, 2.24) is 5.32 Å². The molecule has 8 heteroatoms. The number of benzene rings is 2. The number of aromatic hydroxyl groups is 1. The highest BCUT2D eigenvalue weighted by Gasteiger charge is 2.17. The predicted molar refractivity (Wildman–Crippen MR) is 98.0 cm³/mol. The number of ether oxygens (including phenoxy) is 2. The van der Waals surface area contributed by atoms with Crippen molar-refractivity contribution < 1.29 is 24.2 Å². The van der Waals surface area contributed by atoms with Gasteiger partial charge in [0.2, 0.25) is 0 Å². The topological polar surface area (TPSA) is 84.9 Å². The van der Waals surface area contributed by atoms with Gasteiger partial charge >= 0.3 is 5.97 Å². The van der Waals surface area contributed by atoms with Crippen molar-refractivity contribution in [2.24, 2.45) is 0 Å². The number of hydrogen-bond acceptors (Lipinski definition) is 5. The minimum Gasteiger partial charge on any atom is -0.507 e. The van der Waals surface area contributed by atoms with Gasteiger partial charge in [0.25, 0.3) is 5.91 Å². The van der Waals surface area contributed by atoms with Crippen LogP contribution in [0.5, 0.6) is 11.5 Å². The second-order valence-corrected chi connectivity index (χ2v) is 6.26. The van der Waals surface area contributed by atoms with Crippen molar-refractivity contribution in [1.29, 1.82) is 0 Å². The van der Waals surface area contributed by atoms with Gasteiger partial charge in [0.15, 0.2) is 6.61 Å². The summed E-state index contributed by atoms with van der Waals surface area (Å²) in [6.07, 6.45) is 0. The van der Waals surface area contributed by atoms with Crippen LogP contribution in [0.3, 0.4) is 0 Å². The molecular weight excluding hydrogens is 381 g/mol. The van der Waals surface area contributed by atoms with Gasteiger partial charge in [-0.3, -0.25) is 4.79 Å². The number of halogens is 2. The van der Waals surface area contributed by atoms with Crippen LogP contribution in [0, 0.1) is 0 Å². The molecule has 2 N–H and O–H groups in total. The summed E-state index contributed by atoms with van der Waals surface area (Å²) >= 11 is 11.9. The van der Waals surface area contributed by atoms with Crippen molar-refractivity contribution in [3.63, 3.8) is 0 Å². The molecule has 0 fully saturated rings. The fourth-order valence-electron chi connectivity index (χ4n) is 2.23. The summed E-state index contributed by atoms with van der Waals surface area (Å²) in [5, 5.41) is 13.4. The van der Waals surface area contributed by atoms with E-state index in [0.717, 1.165) is 0 Å². The Morgan fingerprint density at radius 3 is 2.54 bits per heavy atom. The predicted octanol–water partition coefficient (Wildman–Crippen LogP) is 3.74. The molecule has 1 amide bonds. The maximum Gasteiger partial charge on any atom is 0.342 e. The van der Waals surface area contributed by atoms with E-state index in [9.17, 15) is 14.7 Å². The molecule has 0 saturated carbocycles. The molecule has 0 aromatic heterocycles. The van der Waals surface area contributed by atoms with Crippen molar-refractivity contribution in [3.05, 3.63) is 57.6 Å². The average molecular weight is 398 g/mol. The molecule has 0 aliphatic carbocycles. The Hall–Kier alpha value is -2.44. The summed E-state index contributed by atoms with van der Waals surface area (Å²) in [4.78, 5) is 24.0. The third-order valence-corrected chi connectivity index (χ3v) is 4.13. The van der Waals surface area contributed by atoms with Gasteiger partial charge in [0.1, 0.15) is 17.1 Å². The number of phenolic OH excluding ortho intramolecular Hbond substituents is 1. The Labute approximate surface area is 160 Å². The van der Waals surface area contributed by atoms with E-state index in [2.05, 4.69) is 5.32 Å². The highest BCUT2D eigenvalue weighted by molar-refractivity contribution is 6.35. The molecule has 0 saturated heterocycles. The van der Waals surface area contributed by atoms with Crippen LogP contribution in [0.15, 0.2) is 36.4 Å². The Bertz CT molecular complexity index is 825. The van der Waals surface area contributed by atoms with Crippen molar-refractivity contribution in [2.45, 2.75) is 13.0 Å². The van der Waals surface area contributed by atoms with Gasteiger partial charge in [0.05, 0.1) is 13.2 Å². The smallest absolute Gasteiger partial charge is 0.342 e. The fraction of sp³-hybridized carbons (Fsp3) is 0.222. The lowest BCUT2D eigenvalue weighted by molar-refractivity contribution is -0.124. The Morgan fingerprint density at radius 2 is 1.92 bits per heavy atom. The van der Waals surface area contributed by atoms with Crippen LogP contribution < -0.4 is 10.1 Å². The van der Waals surface area contributed by atoms with E-state index in [-0.39, 0.29) is 11.3 Å². The van der Waals surface area contributed by atoms with Crippen LogP contribution in [0.4, 0.5) is 0 Å². The maximum absolute atomic E-state index is 12.0. The zero-order valence-corrected chi connectivity index (χ0v) is 15.6. The van der Waals surface area contributed by atoms with Crippen LogP contribution in [0.25, 0.3) is 0 Å². The minimum atomic E-state index is -0.822. The summed E-state index contributed by atoms with van der Waals surface area (Å²) in [5.41, 5.74) is 0.621. The molecule has 0 heterocycles. The molecule has 26 heavy (non-hydrogen) atoms. The molecule has 2 aromatic carbocycles. The second kappa shape index (κ2) is 8.78. The Morgan fingerprint density at radius 1 is 1.19 bits per heavy atom. The number of methoxy groups -OCH3 is 1. The number of carbonyl (C=O) groups is 2. The lowest BCUT2D eigenvalue weighted by Gasteiger charge is -2.16. The highest BCUT2D eigenvalue weighted by Crippen LogP contribution is 2.26. The first-order valence-corrected chi connectivity index (χ1v) is 8.36. The Balaban J connectivity index is 1.92. The molecule has 1 atom stereocenters. The number of carbonyl (C=O) groups excluding carboxylic acids is 2. The summed E-state index contributed by atoms with van der Waals surface area (Å²) in [6, 6.07) is 8.68. The van der Waals surface area contributed by atoms with E-state index in [1.165, 1.54) is 25.3 Å². The molecule has 0 radical (unpaired) electrons. The number of esters is 1. The van der Waals surface area contributed by atoms with E-state index in [4.69, 9.17) is 32.7 Å². The number of phenols is 1. The van der Waals surface area contributed by atoms with Crippen molar-refractivity contribution in [2.75, 3.05) is 13.7 Å². The number of amides is 1. The van der Waals surface area contributed by atoms with Gasteiger partial charge in [-0.25, -0.2) is 4.79 Å². The van der Waals surface area contributed by atoms with Gasteiger partial charge in [-0.15, -0.1) is 0 Å². The lowest BCUT2D eigenvalue weighted by Crippen LogP contribution is -2.31. The third kappa shape index (κ3) is 5.03. The summed E-state index contributed by atoms with van der Waals surface area (Å²) in [6.45, 7) is 1.24. The van der Waals surface area contributed by atoms with Crippen LogP contribution in [0.1, 0.15) is 28.9 Å². The number of rotatable bonds is 6. The van der Waals surface area contributed by atoms with E-state index < -0.39 is 24.5 Å². The molecule has 2 rings (SSSR count). The monoisotopic (exact) mass is 397 g/mol. The highest BCUT2D eigenvalue weighted by atomic mass is 35.5. The standard InChI is InChI=1S/C18H17Cl2NO5/c1-10(13-5-3-11(19)7-15(13)20)21-17(23)9-26-18(24)14-6-4-12(25-2)8-16(14)22/h3-8,10,22H,9H2,1-2H3,(H,21,23)/t10-/m0/s1. The van der Waals surface area contributed by atoms with Gasteiger partial charge in [-0.2, -0.15) is 0 Å². The molecule has 0 unspecified atom stereocenters. The van der Waals surface area contributed by atoms with Crippen LogP contribution in [-0.2, 0) is 9.53 Å². The molecule has 138 valence electrons. The molecule has 0 spiro atoms. The zero-order valence-electron chi connectivity index (χ0n) is 14.1. The van der Waals surface area contributed by atoms with E-state index in [1.807, 2.05) is 0 Å². The number of nitrogens with one attached hydrogen (secondary N) is 1. The SMILES string of the molecule is COc1ccc(C(=O)OCC(=O)N[C@@H](C)c2ccc(Cl)cc2Cl)c(O)c1. The van der Waals surface area contributed by atoms with Crippen molar-refractivity contribution in [3.8, 4) is 11.5 Å². The first-order valence-electron chi connectivity index (χ1n) is 7.60. The number of hydrogen-bond donors (Lipinski definition) is 2. The van der Waals surface area contributed by atoms with Crippen LogP contribution in [0.2, 0.25) is 10.0 Å². The van der Waals surface area contributed by atoms with E-state index in [0.29, 0.717) is 21.4 Å². The summed E-state index contributed by atoms with van der Waals surface area (Å²) in [7, 11) is 1.44. The first kappa shape index (κ1) is 19.9. The van der Waals surface area contributed by atoms with Gasteiger partial charge < -0.3 is 19.9 Å². The normalized spacial score (nSPS) is 11.5. The molecular formula is C18H17Cl2NO5. The zero-order chi connectivity index (χ0) is 19.3. The van der Waals surface area contributed by atoms with E-state index in [1.54, 1.807) is 25.1 Å². The first-order chi connectivity index (χ1) is 12.3. The van der Waals surface area contributed by atoms with Gasteiger partial charge in [0, 0.05) is 16.1 Å². The second-order valence-electron chi connectivity index (χ2n) is 5.41. The lowest BCUT2D eigenvalue weighted by atomic mass is 10.1. The average Bonchev–Trinajstić information content (AvgIpc) is 2.59. The van der Waals surface area contributed by atoms with Crippen molar-refractivity contribution >= 4 is 35.1 Å². The Kier molecular flexibility index (Phi) is 6.71.